The summed E-state index contributed by atoms with van der Waals surface area (Å²) in [6.45, 7) is 1.09. The van der Waals surface area contributed by atoms with E-state index in [0.29, 0.717) is 37.0 Å². The first kappa shape index (κ1) is 18.6. The van der Waals surface area contributed by atoms with Gasteiger partial charge in [0.05, 0.1) is 35.9 Å². The second kappa shape index (κ2) is 8.46. The van der Waals surface area contributed by atoms with Gasteiger partial charge in [-0.05, 0) is 24.3 Å². The third-order valence-electron chi connectivity index (χ3n) is 4.40. The molecule has 1 N–H and O–H groups in total. The molecule has 7 heteroatoms. The van der Waals surface area contributed by atoms with E-state index in [0.717, 1.165) is 0 Å². The van der Waals surface area contributed by atoms with E-state index in [-0.39, 0.29) is 36.0 Å². The van der Waals surface area contributed by atoms with Crippen molar-refractivity contribution in [3.63, 3.8) is 0 Å². The summed E-state index contributed by atoms with van der Waals surface area (Å²) in [6, 6.07) is 10.8. The largest absolute Gasteiger partial charge is 0.507 e. The standard InChI is InChI=1S/C20H19NO6/c22-10-14-4-1-2-7-19(14)27-13-15-12-26-9-8-21(15)20(25)16-5-3-6-18(24)17(16)11-23/h1-7,10-11,15,24H,8-9,12-13H2. The molecule has 1 saturated heterocycles. The molecule has 1 amide bonds. The molecule has 1 atom stereocenters. The number of nitrogens with zero attached hydrogens (tertiary/aromatic N) is 1. The van der Waals surface area contributed by atoms with Crippen LogP contribution in [0.5, 0.6) is 11.5 Å². The summed E-state index contributed by atoms with van der Waals surface area (Å²) in [5.41, 5.74) is 0.508. The maximum Gasteiger partial charge on any atom is 0.255 e. The molecule has 1 heterocycles. The molecule has 2 aromatic rings. The highest BCUT2D eigenvalue weighted by atomic mass is 16.5. The number of hydrogen-bond donors (Lipinski definition) is 1. The predicted octanol–water partition coefficient (Wildman–Crippen LogP) is 1.94. The predicted molar refractivity (Wildman–Crippen MR) is 96.5 cm³/mol. The minimum atomic E-state index is -0.396. The maximum absolute atomic E-state index is 13.0. The van der Waals surface area contributed by atoms with Gasteiger partial charge in [-0.1, -0.05) is 18.2 Å². The Kier molecular flexibility index (Phi) is 5.83. The smallest absolute Gasteiger partial charge is 0.255 e. The van der Waals surface area contributed by atoms with E-state index < -0.39 is 6.04 Å². The molecular weight excluding hydrogens is 350 g/mol. The van der Waals surface area contributed by atoms with Crippen molar-refractivity contribution in [3.8, 4) is 11.5 Å². The average Bonchev–Trinajstić information content (AvgIpc) is 2.72. The Morgan fingerprint density at radius 2 is 2.00 bits per heavy atom. The quantitative estimate of drug-likeness (QED) is 0.782. The lowest BCUT2D eigenvalue weighted by molar-refractivity contribution is -0.0151. The van der Waals surface area contributed by atoms with Gasteiger partial charge in [-0.2, -0.15) is 0 Å². The number of hydrogen-bond acceptors (Lipinski definition) is 6. The number of rotatable bonds is 6. The molecule has 0 radical (unpaired) electrons. The van der Waals surface area contributed by atoms with Crippen molar-refractivity contribution in [2.75, 3.05) is 26.4 Å². The van der Waals surface area contributed by atoms with Crippen molar-refractivity contribution in [2.24, 2.45) is 0 Å². The second-order valence-electron chi connectivity index (χ2n) is 6.05. The third kappa shape index (κ3) is 3.98. The Labute approximate surface area is 156 Å². The number of benzene rings is 2. The average molecular weight is 369 g/mol. The second-order valence-corrected chi connectivity index (χ2v) is 6.05. The van der Waals surface area contributed by atoms with Crippen molar-refractivity contribution in [2.45, 2.75) is 6.04 Å². The zero-order chi connectivity index (χ0) is 19.2. The van der Waals surface area contributed by atoms with Crippen LogP contribution in [0.25, 0.3) is 0 Å². The van der Waals surface area contributed by atoms with Gasteiger partial charge in [0.1, 0.15) is 18.1 Å². The summed E-state index contributed by atoms with van der Waals surface area (Å²) in [4.78, 5) is 36.9. The Morgan fingerprint density at radius 3 is 2.78 bits per heavy atom. The molecule has 7 nitrogen and oxygen atoms in total. The SMILES string of the molecule is O=Cc1ccccc1OCC1COCCN1C(=O)c1cccc(O)c1C=O. The topological polar surface area (TPSA) is 93.1 Å². The van der Waals surface area contributed by atoms with Gasteiger partial charge in [-0.15, -0.1) is 0 Å². The lowest BCUT2D eigenvalue weighted by Crippen LogP contribution is -2.51. The van der Waals surface area contributed by atoms with Crippen LogP contribution in [0.15, 0.2) is 42.5 Å². The first-order valence-electron chi connectivity index (χ1n) is 8.48. The first-order chi connectivity index (χ1) is 13.2. The number of aldehydes is 2. The zero-order valence-corrected chi connectivity index (χ0v) is 14.5. The number of carbonyl (C=O) groups excluding carboxylic acids is 3. The number of phenolic OH excluding ortho intramolecular Hbond substituents is 1. The third-order valence-corrected chi connectivity index (χ3v) is 4.40. The van der Waals surface area contributed by atoms with Crippen LogP contribution >= 0.6 is 0 Å². The van der Waals surface area contributed by atoms with Crippen LogP contribution in [0.1, 0.15) is 31.1 Å². The van der Waals surface area contributed by atoms with Crippen LogP contribution in [0.4, 0.5) is 0 Å². The zero-order valence-electron chi connectivity index (χ0n) is 14.5. The fraction of sp³-hybridized carbons (Fsp3) is 0.250. The lowest BCUT2D eigenvalue weighted by atomic mass is 10.0. The number of amides is 1. The molecule has 1 unspecified atom stereocenters. The molecule has 140 valence electrons. The van der Waals surface area contributed by atoms with E-state index in [1.807, 2.05) is 0 Å². The molecular formula is C20H19NO6. The summed E-state index contributed by atoms with van der Waals surface area (Å²) in [5.74, 6) is -0.193. The van der Waals surface area contributed by atoms with Gasteiger partial charge in [0.25, 0.3) is 5.91 Å². The normalized spacial score (nSPS) is 16.6. The molecule has 3 rings (SSSR count). The minimum Gasteiger partial charge on any atom is -0.507 e. The Bertz CT molecular complexity index is 850. The summed E-state index contributed by atoms with van der Waals surface area (Å²) in [5, 5.41) is 9.83. The molecule has 2 aromatic carbocycles. The molecule has 27 heavy (non-hydrogen) atoms. The van der Waals surface area contributed by atoms with Gasteiger partial charge in [-0.3, -0.25) is 14.4 Å². The number of ether oxygens (including phenoxy) is 2. The maximum atomic E-state index is 13.0. The van der Waals surface area contributed by atoms with Crippen molar-refractivity contribution in [1.82, 2.24) is 4.90 Å². The molecule has 0 bridgehead atoms. The molecule has 0 aromatic heterocycles. The summed E-state index contributed by atoms with van der Waals surface area (Å²) in [6.07, 6.45) is 1.17. The van der Waals surface area contributed by atoms with E-state index in [1.54, 1.807) is 29.2 Å². The summed E-state index contributed by atoms with van der Waals surface area (Å²) >= 11 is 0. The van der Waals surface area contributed by atoms with Crippen molar-refractivity contribution in [1.29, 1.82) is 0 Å². The van der Waals surface area contributed by atoms with Gasteiger partial charge >= 0.3 is 0 Å². The Balaban J connectivity index is 1.79. The molecule has 0 aliphatic carbocycles. The molecule has 1 aliphatic heterocycles. The van der Waals surface area contributed by atoms with Crippen LogP contribution in [-0.2, 0) is 4.74 Å². The molecule has 0 saturated carbocycles. The van der Waals surface area contributed by atoms with Crippen LogP contribution in [-0.4, -0.2) is 60.9 Å². The van der Waals surface area contributed by atoms with Gasteiger partial charge in [0, 0.05) is 6.54 Å². The lowest BCUT2D eigenvalue weighted by Gasteiger charge is -2.35. The fourth-order valence-electron chi connectivity index (χ4n) is 2.97. The van der Waals surface area contributed by atoms with Crippen LogP contribution in [0, 0.1) is 0 Å². The number of phenols is 1. The van der Waals surface area contributed by atoms with E-state index >= 15 is 0 Å². The highest BCUT2D eigenvalue weighted by molar-refractivity contribution is 6.03. The van der Waals surface area contributed by atoms with Crippen LogP contribution < -0.4 is 4.74 Å². The van der Waals surface area contributed by atoms with Gasteiger partial charge in [0.15, 0.2) is 12.6 Å². The van der Waals surface area contributed by atoms with Crippen molar-refractivity contribution < 1.29 is 29.0 Å². The number of aromatic hydroxyl groups is 1. The fourth-order valence-corrected chi connectivity index (χ4v) is 2.97. The van der Waals surface area contributed by atoms with Gasteiger partial charge in [0.2, 0.25) is 0 Å². The Hall–Kier alpha value is -3.19. The molecule has 0 spiro atoms. The molecule has 1 fully saturated rings. The summed E-state index contributed by atoms with van der Waals surface area (Å²) < 4.78 is 11.2. The molecule has 1 aliphatic rings. The van der Waals surface area contributed by atoms with Crippen molar-refractivity contribution >= 4 is 18.5 Å². The number of carbonyl (C=O) groups is 3. The number of morpholine rings is 1. The highest BCUT2D eigenvalue weighted by Gasteiger charge is 2.30. The van der Waals surface area contributed by atoms with E-state index in [4.69, 9.17) is 9.47 Å². The van der Waals surface area contributed by atoms with E-state index in [1.165, 1.54) is 18.2 Å². The number of para-hydroxylation sites is 1. The summed E-state index contributed by atoms with van der Waals surface area (Å²) in [7, 11) is 0. The van der Waals surface area contributed by atoms with Crippen LogP contribution in [0.2, 0.25) is 0 Å². The van der Waals surface area contributed by atoms with Gasteiger partial charge in [-0.25, -0.2) is 0 Å². The minimum absolute atomic E-state index is 0.0417. The Morgan fingerprint density at radius 1 is 1.19 bits per heavy atom. The van der Waals surface area contributed by atoms with Gasteiger partial charge < -0.3 is 19.5 Å². The van der Waals surface area contributed by atoms with Crippen molar-refractivity contribution in [3.05, 3.63) is 59.2 Å². The highest BCUT2D eigenvalue weighted by Crippen LogP contribution is 2.23. The first-order valence-corrected chi connectivity index (χ1v) is 8.48. The van der Waals surface area contributed by atoms with E-state index in [9.17, 15) is 19.5 Å². The monoisotopic (exact) mass is 369 g/mol. The van der Waals surface area contributed by atoms with Crippen LogP contribution in [0.3, 0.4) is 0 Å². The van der Waals surface area contributed by atoms with E-state index in [2.05, 4.69) is 0 Å².